The van der Waals surface area contributed by atoms with Crippen molar-refractivity contribution < 1.29 is 18.7 Å². The second-order valence-corrected chi connectivity index (χ2v) is 10.7. The van der Waals surface area contributed by atoms with E-state index < -0.39 is 11.9 Å². The minimum Gasteiger partial charge on any atom is -0.508 e. The topological polar surface area (TPSA) is 71.6 Å². The molecule has 3 N–H and O–H groups in total. The number of amides is 1. The van der Waals surface area contributed by atoms with Crippen LogP contribution in [0.15, 0.2) is 84.9 Å². The van der Waals surface area contributed by atoms with Gasteiger partial charge in [0, 0.05) is 66.1 Å². The molecular weight excluding hydrogens is 522 g/mol. The standard InChI is InChI=1S/C33H28F2N4O2/c34-24-5-9-29-23(15-24)17-30(37-29)32(28-18-25(35)6-10-31(28)40)39-19-22-2-1-21(16-27(22)33(39)41)20-3-7-26(8-4-20)38-13-11-36-12-14-38/h1-10,15-18,32,36-37,40H,11-14,19H2/t32-/m1/s1. The van der Waals surface area contributed by atoms with Crippen LogP contribution in [0, 0.1) is 11.6 Å². The zero-order valence-electron chi connectivity index (χ0n) is 22.2. The summed E-state index contributed by atoms with van der Waals surface area (Å²) < 4.78 is 28.4. The number of aromatic nitrogens is 1. The van der Waals surface area contributed by atoms with Crippen LogP contribution in [-0.4, -0.2) is 47.1 Å². The van der Waals surface area contributed by atoms with Gasteiger partial charge in [-0.1, -0.05) is 24.3 Å². The Bertz CT molecular complexity index is 1780. The molecule has 8 heteroatoms. The van der Waals surface area contributed by atoms with E-state index >= 15 is 0 Å². The van der Waals surface area contributed by atoms with Crippen LogP contribution in [0.2, 0.25) is 0 Å². The predicted octanol–water partition coefficient (Wildman–Crippen LogP) is 5.97. The van der Waals surface area contributed by atoms with Crippen molar-refractivity contribution in [3.05, 3.63) is 119 Å². The van der Waals surface area contributed by atoms with E-state index in [-0.39, 0.29) is 29.6 Å². The van der Waals surface area contributed by atoms with Crippen LogP contribution in [-0.2, 0) is 6.54 Å². The molecule has 1 aromatic heterocycles. The Labute approximate surface area is 235 Å². The van der Waals surface area contributed by atoms with Crippen LogP contribution in [0.1, 0.15) is 33.2 Å². The van der Waals surface area contributed by atoms with Crippen molar-refractivity contribution in [3.63, 3.8) is 0 Å². The number of aromatic hydroxyl groups is 1. The molecule has 1 saturated heterocycles. The third-order valence-electron chi connectivity index (χ3n) is 8.12. The molecule has 7 rings (SSSR count). The molecule has 41 heavy (non-hydrogen) atoms. The molecule has 4 aromatic carbocycles. The van der Waals surface area contributed by atoms with E-state index in [0.29, 0.717) is 22.2 Å². The largest absolute Gasteiger partial charge is 0.508 e. The number of benzene rings is 4. The number of hydrogen-bond acceptors (Lipinski definition) is 4. The number of phenols is 1. The van der Waals surface area contributed by atoms with Crippen LogP contribution in [0.4, 0.5) is 14.5 Å². The smallest absolute Gasteiger partial charge is 0.255 e. The summed E-state index contributed by atoms with van der Waals surface area (Å²) in [7, 11) is 0. The van der Waals surface area contributed by atoms with E-state index in [0.717, 1.165) is 42.9 Å². The van der Waals surface area contributed by atoms with Crippen LogP contribution in [0.25, 0.3) is 22.0 Å². The number of nitrogens with zero attached hydrogens (tertiary/aromatic N) is 2. The maximum atomic E-state index is 14.4. The number of aromatic amines is 1. The van der Waals surface area contributed by atoms with Gasteiger partial charge in [0.1, 0.15) is 23.4 Å². The summed E-state index contributed by atoms with van der Waals surface area (Å²) in [5.41, 5.74) is 6.01. The zero-order valence-corrected chi connectivity index (χ0v) is 22.2. The van der Waals surface area contributed by atoms with Crippen LogP contribution in [0.5, 0.6) is 5.75 Å². The summed E-state index contributed by atoms with van der Waals surface area (Å²) in [5, 5.41) is 14.8. The lowest BCUT2D eigenvalue weighted by Gasteiger charge is -2.29. The molecule has 6 nitrogen and oxygen atoms in total. The van der Waals surface area contributed by atoms with E-state index in [9.17, 15) is 18.7 Å². The summed E-state index contributed by atoms with van der Waals surface area (Å²) in [6.45, 7) is 4.15. The van der Waals surface area contributed by atoms with Gasteiger partial charge in [0.2, 0.25) is 0 Å². The molecule has 2 aliphatic heterocycles. The Morgan fingerprint density at radius 3 is 2.34 bits per heavy atom. The van der Waals surface area contributed by atoms with Gasteiger partial charge in [-0.05, 0) is 77.4 Å². The Morgan fingerprint density at radius 1 is 0.805 bits per heavy atom. The fourth-order valence-electron chi connectivity index (χ4n) is 6.02. The highest BCUT2D eigenvalue weighted by molar-refractivity contribution is 6.00. The van der Waals surface area contributed by atoms with Crippen molar-refractivity contribution in [1.29, 1.82) is 0 Å². The van der Waals surface area contributed by atoms with E-state index in [4.69, 9.17) is 0 Å². The Hall–Kier alpha value is -4.69. The second kappa shape index (κ2) is 10.1. The minimum atomic E-state index is -0.817. The molecular formula is C33H28F2N4O2. The van der Waals surface area contributed by atoms with Crippen molar-refractivity contribution in [2.75, 3.05) is 31.1 Å². The Kier molecular flexibility index (Phi) is 6.20. The average molecular weight is 551 g/mol. The van der Waals surface area contributed by atoms with Gasteiger partial charge in [-0.3, -0.25) is 4.79 Å². The van der Waals surface area contributed by atoms with Gasteiger partial charge >= 0.3 is 0 Å². The number of H-pyrrole nitrogens is 1. The fraction of sp³-hybridized carbons (Fsp3) is 0.182. The molecule has 0 spiro atoms. The van der Waals surface area contributed by atoms with Crippen molar-refractivity contribution in [2.45, 2.75) is 12.6 Å². The van der Waals surface area contributed by atoms with Crippen LogP contribution < -0.4 is 10.2 Å². The lowest BCUT2D eigenvalue weighted by molar-refractivity contribution is 0.0726. The minimum absolute atomic E-state index is 0.129. The van der Waals surface area contributed by atoms with Gasteiger partial charge in [-0.2, -0.15) is 0 Å². The molecule has 0 unspecified atom stereocenters. The highest BCUT2D eigenvalue weighted by Gasteiger charge is 2.37. The van der Waals surface area contributed by atoms with Crippen molar-refractivity contribution in [2.24, 2.45) is 0 Å². The quantitative estimate of drug-likeness (QED) is 0.252. The van der Waals surface area contributed by atoms with E-state index in [1.165, 1.54) is 36.0 Å². The summed E-state index contributed by atoms with van der Waals surface area (Å²) in [4.78, 5) is 21.2. The fourth-order valence-corrected chi connectivity index (χ4v) is 6.02. The average Bonchev–Trinajstić information content (AvgIpc) is 3.55. The van der Waals surface area contributed by atoms with Crippen LogP contribution >= 0.6 is 0 Å². The molecule has 0 radical (unpaired) electrons. The molecule has 2 aliphatic rings. The number of carbonyl (C=O) groups is 1. The number of halogens is 2. The monoisotopic (exact) mass is 550 g/mol. The summed E-state index contributed by atoms with van der Waals surface area (Å²) in [6, 6.07) is 23.3. The number of carbonyl (C=O) groups excluding carboxylic acids is 1. The third-order valence-corrected chi connectivity index (χ3v) is 8.12. The number of nitrogens with one attached hydrogen (secondary N) is 2. The Morgan fingerprint density at radius 2 is 1.54 bits per heavy atom. The molecule has 5 aromatic rings. The van der Waals surface area contributed by atoms with Crippen molar-refractivity contribution >= 4 is 22.5 Å². The number of piperazine rings is 1. The lowest BCUT2D eigenvalue weighted by atomic mass is 10.00. The number of fused-ring (bicyclic) bond motifs is 2. The number of phenolic OH excluding ortho intramolecular Hbond substituents is 1. The first kappa shape index (κ1) is 25.3. The maximum Gasteiger partial charge on any atom is 0.255 e. The Balaban J connectivity index is 1.24. The number of rotatable bonds is 5. The molecule has 3 heterocycles. The molecule has 1 fully saturated rings. The zero-order chi connectivity index (χ0) is 28.1. The van der Waals surface area contributed by atoms with Crippen LogP contribution in [0.3, 0.4) is 0 Å². The molecule has 1 amide bonds. The van der Waals surface area contributed by atoms with Gasteiger partial charge in [0.05, 0.1) is 0 Å². The number of hydrogen-bond donors (Lipinski definition) is 3. The highest BCUT2D eigenvalue weighted by Crippen LogP contribution is 2.41. The lowest BCUT2D eigenvalue weighted by Crippen LogP contribution is -2.43. The van der Waals surface area contributed by atoms with Gasteiger partial charge in [-0.25, -0.2) is 8.78 Å². The number of anilines is 1. The van der Waals surface area contributed by atoms with E-state index in [1.54, 1.807) is 17.0 Å². The second-order valence-electron chi connectivity index (χ2n) is 10.7. The summed E-state index contributed by atoms with van der Waals surface area (Å²) >= 11 is 0. The van der Waals surface area contributed by atoms with Gasteiger partial charge in [0.15, 0.2) is 0 Å². The third kappa shape index (κ3) is 4.60. The van der Waals surface area contributed by atoms with Gasteiger partial charge in [0.25, 0.3) is 5.91 Å². The molecule has 0 saturated carbocycles. The predicted molar refractivity (Wildman–Crippen MR) is 155 cm³/mol. The molecule has 0 bridgehead atoms. The SMILES string of the molecule is O=C1c2cc(-c3ccc(N4CCNCC4)cc3)ccc2CN1[C@@H](c1cc2cc(F)ccc2[nH]1)c1cc(F)ccc1O. The highest BCUT2D eigenvalue weighted by atomic mass is 19.1. The first-order valence-corrected chi connectivity index (χ1v) is 13.7. The molecule has 1 atom stereocenters. The maximum absolute atomic E-state index is 14.4. The van der Waals surface area contributed by atoms with E-state index in [1.807, 2.05) is 18.2 Å². The van der Waals surface area contributed by atoms with Gasteiger partial charge in [-0.15, -0.1) is 0 Å². The first-order chi connectivity index (χ1) is 19.9. The summed E-state index contributed by atoms with van der Waals surface area (Å²) in [6.07, 6.45) is 0. The van der Waals surface area contributed by atoms with E-state index in [2.05, 4.69) is 39.5 Å². The van der Waals surface area contributed by atoms with Gasteiger partial charge < -0.3 is 25.2 Å². The van der Waals surface area contributed by atoms with Crippen molar-refractivity contribution in [1.82, 2.24) is 15.2 Å². The molecule has 206 valence electrons. The normalized spacial score (nSPS) is 15.9. The summed E-state index contributed by atoms with van der Waals surface area (Å²) in [5.74, 6) is -1.26. The molecule has 0 aliphatic carbocycles. The van der Waals surface area contributed by atoms with Crippen molar-refractivity contribution in [3.8, 4) is 16.9 Å². The first-order valence-electron chi connectivity index (χ1n) is 13.7.